The Morgan fingerprint density at radius 1 is 1.39 bits per heavy atom. The molecule has 2 amide bonds. The van der Waals surface area contributed by atoms with Crippen LogP contribution in [0.5, 0.6) is 5.75 Å². The second-order valence-electron chi connectivity index (χ2n) is 5.44. The smallest absolute Gasteiger partial charge is 0.331 e. The van der Waals surface area contributed by atoms with Gasteiger partial charge in [-0.1, -0.05) is 30.0 Å². The Morgan fingerprint density at radius 2 is 2.17 bits per heavy atom. The van der Waals surface area contributed by atoms with Crippen molar-refractivity contribution in [3.63, 3.8) is 0 Å². The summed E-state index contributed by atoms with van der Waals surface area (Å²) in [5.74, 6) is 1.51. The first-order chi connectivity index (χ1) is 11.0. The van der Waals surface area contributed by atoms with Crippen LogP contribution in [0.3, 0.4) is 0 Å². The highest BCUT2D eigenvalue weighted by Gasteiger charge is 2.42. The van der Waals surface area contributed by atoms with Crippen LogP contribution >= 0.6 is 11.8 Å². The van der Waals surface area contributed by atoms with Crippen LogP contribution < -0.4 is 15.5 Å². The third-order valence-corrected chi connectivity index (χ3v) is 4.83. The Labute approximate surface area is 139 Å². The summed E-state index contributed by atoms with van der Waals surface area (Å²) < 4.78 is 11.7. The van der Waals surface area contributed by atoms with Gasteiger partial charge in [-0.05, 0) is 18.2 Å². The molecule has 1 aromatic carbocycles. The van der Waals surface area contributed by atoms with Crippen molar-refractivity contribution in [2.75, 3.05) is 21.2 Å². The van der Waals surface area contributed by atoms with E-state index in [2.05, 4.69) is 10.7 Å². The van der Waals surface area contributed by atoms with Crippen LogP contribution in [0, 0.1) is 0 Å². The molecule has 0 saturated carbocycles. The zero-order valence-corrected chi connectivity index (χ0v) is 14.1. The van der Waals surface area contributed by atoms with Crippen LogP contribution in [0.25, 0.3) is 0 Å². The van der Waals surface area contributed by atoms with Crippen LogP contribution in [-0.2, 0) is 4.74 Å². The zero-order valence-electron chi connectivity index (χ0n) is 13.3. The molecule has 2 N–H and O–H groups in total. The quantitative estimate of drug-likeness (QED) is 0.657. The first-order valence-electron chi connectivity index (χ1n) is 7.21. The number of amides is 2. The van der Waals surface area contributed by atoms with Crippen molar-refractivity contribution in [2.45, 2.75) is 17.0 Å². The number of carbonyl (C=O) groups excluding carboxylic acids is 1. The molecule has 1 atom stereocenters. The van der Waals surface area contributed by atoms with Crippen molar-refractivity contribution in [3.8, 4) is 5.75 Å². The van der Waals surface area contributed by atoms with Gasteiger partial charge in [0.2, 0.25) is 0 Å². The van der Waals surface area contributed by atoms with Crippen LogP contribution in [0.15, 0.2) is 52.0 Å². The third kappa shape index (κ3) is 3.08. The van der Waals surface area contributed by atoms with Crippen molar-refractivity contribution in [3.05, 3.63) is 47.1 Å². The lowest BCUT2D eigenvalue weighted by Crippen LogP contribution is -2.57. The van der Waals surface area contributed by atoms with Gasteiger partial charge >= 0.3 is 6.03 Å². The van der Waals surface area contributed by atoms with Gasteiger partial charge in [0.05, 0.1) is 9.80 Å². The van der Waals surface area contributed by atoms with Crippen LogP contribution in [-0.4, -0.2) is 38.0 Å². The molecule has 0 spiro atoms. The Balaban J connectivity index is 1.91. The van der Waals surface area contributed by atoms with Gasteiger partial charge in [-0.15, -0.1) is 0 Å². The molecule has 7 heteroatoms. The van der Waals surface area contributed by atoms with Gasteiger partial charge < -0.3 is 14.8 Å². The number of rotatable bonds is 3. The van der Waals surface area contributed by atoms with Gasteiger partial charge in [0, 0.05) is 27.6 Å². The highest BCUT2D eigenvalue weighted by atomic mass is 32.2. The van der Waals surface area contributed by atoms with Crippen LogP contribution in [0.2, 0.25) is 0 Å². The lowest BCUT2D eigenvalue weighted by Gasteiger charge is -2.39. The molecule has 0 fully saturated rings. The number of thioether (sulfide) groups is 1. The Kier molecular flexibility index (Phi) is 4.34. The monoisotopic (exact) mass is 333 g/mol. The van der Waals surface area contributed by atoms with Crippen molar-refractivity contribution in [2.24, 2.45) is 0 Å². The fourth-order valence-corrected chi connectivity index (χ4v) is 3.68. The molecule has 1 aliphatic heterocycles. The summed E-state index contributed by atoms with van der Waals surface area (Å²) in [5, 5.41) is 4.50. The van der Waals surface area contributed by atoms with Gasteiger partial charge in [-0.25, -0.2) is 9.80 Å². The van der Waals surface area contributed by atoms with Gasteiger partial charge in [0.15, 0.2) is 5.72 Å². The van der Waals surface area contributed by atoms with Gasteiger partial charge in [0.25, 0.3) is 0 Å². The number of hydrazine groups is 1. The standard InChI is InChI=1S/C16H19N3O3S/c1-19(2)18-15(20)17-16(21-3)10-6-8-12-14(16)23-13-9-5-4-7-11(13)22-12/h4-9H,10H2,1-3H3,(H2,17,18,20). The molecule has 3 rings (SSSR count). The molecule has 0 saturated heterocycles. The number of nitrogens with zero attached hydrogens (tertiary/aromatic N) is 1. The summed E-state index contributed by atoms with van der Waals surface area (Å²) in [5.41, 5.74) is 1.73. The van der Waals surface area contributed by atoms with Gasteiger partial charge in [0.1, 0.15) is 11.5 Å². The molecule has 1 aromatic rings. The van der Waals surface area contributed by atoms with E-state index in [0.29, 0.717) is 12.2 Å². The SMILES string of the molecule is COC1(NC(=O)NN(C)C)CC=CC2=C1Sc1ccccc1O2. The maximum Gasteiger partial charge on any atom is 0.331 e. The molecular weight excluding hydrogens is 314 g/mol. The minimum absolute atomic E-state index is 0.335. The number of fused-ring (bicyclic) bond motifs is 1. The molecule has 1 heterocycles. The van der Waals surface area contributed by atoms with E-state index in [9.17, 15) is 4.79 Å². The Morgan fingerprint density at radius 3 is 2.91 bits per heavy atom. The largest absolute Gasteiger partial charge is 0.455 e. The number of urea groups is 1. The highest BCUT2D eigenvalue weighted by Crippen LogP contribution is 2.48. The number of benzene rings is 1. The first kappa shape index (κ1) is 15.9. The average molecular weight is 333 g/mol. The molecule has 0 radical (unpaired) electrons. The van der Waals surface area contributed by atoms with Crippen LogP contribution in [0.4, 0.5) is 4.79 Å². The summed E-state index contributed by atoms with van der Waals surface area (Å²) >= 11 is 1.56. The maximum atomic E-state index is 12.2. The molecule has 1 aliphatic carbocycles. The van der Waals surface area contributed by atoms with E-state index in [1.54, 1.807) is 38.0 Å². The van der Waals surface area contributed by atoms with E-state index in [-0.39, 0.29) is 6.03 Å². The van der Waals surface area contributed by atoms with E-state index in [0.717, 1.165) is 15.6 Å². The van der Waals surface area contributed by atoms with E-state index < -0.39 is 5.72 Å². The second kappa shape index (κ2) is 6.27. The highest BCUT2D eigenvalue weighted by molar-refractivity contribution is 8.03. The first-order valence-corrected chi connectivity index (χ1v) is 8.03. The molecule has 122 valence electrons. The average Bonchev–Trinajstić information content (AvgIpc) is 2.52. The van der Waals surface area contributed by atoms with Crippen molar-refractivity contribution < 1.29 is 14.3 Å². The number of nitrogens with one attached hydrogen (secondary N) is 2. The summed E-state index contributed by atoms with van der Waals surface area (Å²) in [6.07, 6.45) is 4.38. The molecule has 0 bridgehead atoms. The van der Waals surface area contributed by atoms with Gasteiger partial charge in [-0.2, -0.15) is 0 Å². The fourth-order valence-electron chi connectivity index (χ4n) is 2.51. The minimum atomic E-state index is -0.942. The number of para-hydroxylation sites is 1. The number of allylic oxidation sites excluding steroid dienone is 1. The molecule has 1 unspecified atom stereocenters. The number of ether oxygens (including phenoxy) is 2. The normalized spacial score (nSPS) is 22.3. The Hall–Kier alpha value is -1.96. The summed E-state index contributed by atoms with van der Waals surface area (Å²) in [6.45, 7) is 0. The Bertz CT molecular complexity index is 687. The zero-order chi connectivity index (χ0) is 16.4. The van der Waals surface area contributed by atoms with E-state index in [1.165, 1.54) is 0 Å². The topological polar surface area (TPSA) is 62.8 Å². The minimum Gasteiger partial charge on any atom is -0.455 e. The molecule has 2 aliphatic rings. The number of hydrogen-bond donors (Lipinski definition) is 2. The molecule has 23 heavy (non-hydrogen) atoms. The lowest BCUT2D eigenvalue weighted by molar-refractivity contribution is 0.00622. The number of carbonyl (C=O) groups is 1. The van der Waals surface area contributed by atoms with Crippen molar-refractivity contribution in [1.29, 1.82) is 0 Å². The van der Waals surface area contributed by atoms with E-state index in [4.69, 9.17) is 9.47 Å². The number of hydrogen-bond acceptors (Lipinski definition) is 5. The third-order valence-electron chi connectivity index (χ3n) is 3.54. The molecule has 6 nitrogen and oxygen atoms in total. The van der Waals surface area contributed by atoms with Crippen molar-refractivity contribution in [1.82, 2.24) is 15.8 Å². The lowest BCUT2D eigenvalue weighted by atomic mass is 10.0. The molecule has 0 aromatic heterocycles. The predicted molar refractivity (Wildman–Crippen MR) is 88.8 cm³/mol. The summed E-state index contributed by atoms with van der Waals surface area (Å²) in [4.78, 5) is 14.0. The predicted octanol–water partition coefficient (Wildman–Crippen LogP) is 2.46. The summed E-state index contributed by atoms with van der Waals surface area (Å²) in [7, 11) is 5.08. The summed E-state index contributed by atoms with van der Waals surface area (Å²) in [6, 6.07) is 7.47. The van der Waals surface area contributed by atoms with Crippen LogP contribution in [0.1, 0.15) is 6.42 Å². The van der Waals surface area contributed by atoms with E-state index in [1.807, 2.05) is 36.4 Å². The maximum absolute atomic E-state index is 12.2. The fraction of sp³-hybridized carbons (Fsp3) is 0.312. The number of methoxy groups -OCH3 is 1. The van der Waals surface area contributed by atoms with Crippen molar-refractivity contribution >= 4 is 17.8 Å². The van der Waals surface area contributed by atoms with E-state index >= 15 is 0 Å². The van der Waals surface area contributed by atoms with Gasteiger partial charge in [-0.3, -0.25) is 5.43 Å². The second-order valence-corrected chi connectivity index (χ2v) is 6.49. The molecular formula is C16H19N3O3S.